The van der Waals surface area contributed by atoms with E-state index >= 15 is 0 Å². The second-order valence-corrected chi connectivity index (χ2v) is 13.2. The number of fused-ring (bicyclic) bond motifs is 1. The van der Waals surface area contributed by atoms with Gasteiger partial charge in [0.2, 0.25) is 0 Å². The van der Waals surface area contributed by atoms with E-state index in [1.54, 1.807) is 70.8 Å². The number of hydrogen-bond donors (Lipinski definition) is 2. The predicted octanol–water partition coefficient (Wildman–Crippen LogP) is 7.53. The highest BCUT2D eigenvalue weighted by Crippen LogP contribution is 2.55. The van der Waals surface area contributed by atoms with Crippen molar-refractivity contribution in [1.82, 2.24) is 20.1 Å². The van der Waals surface area contributed by atoms with E-state index in [0.717, 1.165) is 22.2 Å². The smallest absolute Gasteiger partial charge is 0.426 e. The molecule has 0 fully saturated rings. The summed E-state index contributed by atoms with van der Waals surface area (Å²) in [5, 5.41) is 11.4. The van der Waals surface area contributed by atoms with E-state index in [4.69, 9.17) is 34.3 Å². The number of ether oxygens (including phenoxy) is 1. The van der Waals surface area contributed by atoms with Gasteiger partial charge in [0.05, 0.1) is 35.7 Å². The summed E-state index contributed by atoms with van der Waals surface area (Å²) in [6, 6.07) is 13.2. The molecule has 0 spiro atoms. The lowest BCUT2D eigenvalue weighted by atomic mass is 10.2. The zero-order valence-electron chi connectivity index (χ0n) is 24.3. The van der Waals surface area contributed by atoms with E-state index in [1.807, 2.05) is 30.3 Å². The second kappa shape index (κ2) is 12.8. The number of hydrogen-bond acceptors (Lipinski definition) is 10. The molecule has 0 bridgehead atoms. The summed E-state index contributed by atoms with van der Waals surface area (Å²) in [5.41, 5.74) is 0.845. The van der Waals surface area contributed by atoms with Gasteiger partial charge in [0, 0.05) is 28.2 Å². The maximum absolute atomic E-state index is 13.1. The van der Waals surface area contributed by atoms with E-state index in [9.17, 15) is 9.36 Å². The molecule has 12 nitrogen and oxygen atoms in total. The zero-order chi connectivity index (χ0) is 30.5. The van der Waals surface area contributed by atoms with Crippen LogP contribution in [0, 0.1) is 0 Å². The van der Waals surface area contributed by atoms with Gasteiger partial charge in [-0.25, -0.2) is 19.0 Å². The summed E-state index contributed by atoms with van der Waals surface area (Å²) < 4.78 is 42.2. The van der Waals surface area contributed by atoms with Crippen LogP contribution >= 0.6 is 19.4 Å². The molecule has 0 aliphatic rings. The molecule has 1 amide bonds. The van der Waals surface area contributed by atoms with E-state index in [-0.39, 0.29) is 19.9 Å². The summed E-state index contributed by atoms with van der Waals surface area (Å²) in [7, 11) is -3.87. The van der Waals surface area contributed by atoms with Gasteiger partial charge in [-0.15, -0.1) is 0 Å². The zero-order valence-corrected chi connectivity index (χ0v) is 26.0. The lowest BCUT2D eigenvalue weighted by Gasteiger charge is -2.30. The molecule has 0 aliphatic heterocycles. The van der Waals surface area contributed by atoms with Crippen LogP contribution in [0.15, 0.2) is 59.3 Å². The third-order valence-electron chi connectivity index (χ3n) is 5.24. The molecule has 42 heavy (non-hydrogen) atoms. The molecule has 2 aromatic carbocycles. The molecule has 2 heterocycles. The lowest BCUT2D eigenvalue weighted by Crippen LogP contribution is -2.30. The number of oxazole rings is 1. The Bertz CT molecular complexity index is 1540. The van der Waals surface area contributed by atoms with Crippen LogP contribution in [0.3, 0.4) is 0 Å². The lowest BCUT2D eigenvalue weighted by molar-refractivity contribution is 0.00349. The number of aromatic nitrogens is 3. The quantitative estimate of drug-likeness (QED) is 0.128. The first-order valence-electron chi connectivity index (χ1n) is 13.2. The van der Waals surface area contributed by atoms with Crippen molar-refractivity contribution in [3.63, 3.8) is 0 Å². The van der Waals surface area contributed by atoms with Gasteiger partial charge in [0.15, 0.2) is 12.5 Å². The number of phosphoric acid groups is 1. The minimum absolute atomic E-state index is 0.0270. The van der Waals surface area contributed by atoms with E-state index in [1.165, 1.54) is 0 Å². The van der Waals surface area contributed by atoms with Crippen LogP contribution in [0.2, 0.25) is 5.02 Å². The van der Waals surface area contributed by atoms with Crippen molar-refractivity contribution in [3.8, 4) is 11.3 Å². The van der Waals surface area contributed by atoms with Gasteiger partial charge < -0.3 is 19.8 Å². The summed E-state index contributed by atoms with van der Waals surface area (Å²) >= 11 is 5.95. The minimum atomic E-state index is -3.87. The van der Waals surface area contributed by atoms with Crippen LogP contribution in [0.25, 0.3) is 22.2 Å². The normalized spacial score (nSPS) is 12.5. The highest BCUT2D eigenvalue weighted by atomic mass is 35.5. The average Bonchev–Trinajstić information content (AvgIpc) is 3.50. The largest absolute Gasteiger partial charge is 0.475 e. The average molecular weight is 620 g/mol. The van der Waals surface area contributed by atoms with Crippen LogP contribution in [0.1, 0.15) is 41.5 Å². The Balaban J connectivity index is 1.27. The molecule has 0 radical (unpaired) electrons. The molecule has 226 valence electrons. The van der Waals surface area contributed by atoms with E-state index in [0.29, 0.717) is 16.8 Å². The Morgan fingerprint density at radius 2 is 1.71 bits per heavy atom. The molecule has 14 heteroatoms. The molecular formula is C28H35ClN5O7P. The maximum atomic E-state index is 13.1. The fourth-order valence-electron chi connectivity index (χ4n) is 3.69. The number of nitrogens with one attached hydrogen (secondary N) is 2. The Labute approximate surface area is 249 Å². The third-order valence-corrected chi connectivity index (χ3v) is 7.53. The highest BCUT2D eigenvalue weighted by Gasteiger charge is 2.37. The number of phosphoric ester groups is 1. The molecular weight excluding hydrogens is 585 g/mol. The number of halogens is 1. The second-order valence-electron chi connectivity index (χ2n) is 11.3. The summed E-state index contributed by atoms with van der Waals surface area (Å²) in [5.74, 6) is 0.607. The standard InChI is InChI=1S/C28H35ClN5O7P/c1-27(2,3)40-42(36,41-28(4,5)6)38-14-13-30-26(35)37-18-34-23-12-11-22(15-20(23)16-32-34)33-25-31-17-24(39-25)19-7-9-21(29)10-8-19/h7-12,15-17H,13-14,18H2,1-6H3,(H,30,35)(H,31,33). The highest BCUT2D eigenvalue weighted by molar-refractivity contribution is 7.48. The number of carbonyl (C=O) groups is 1. The Morgan fingerprint density at radius 3 is 2.38 bits per heavy atom. The van der Waals surface area contributed by atoms with Crippen LogP contribution < -0.4 is 10.6 Å². The number of rotatable bonds is 11. The molecule has 2 N–H and O–H groups in total. The van der Waals surface area contributed by atoms with Gasteiger partial charge in [-0.3, -0.25) is 13.6 Å². The number of alkyl carbamates (subject to hydrolysis) is 1. The first-order chi connectivity index (χ1) is 19.7. The minimum Gasteiger partial charge on any atom is -0.426 e. The monoisotopic (exact) mass is 619 g/mol. The Morgan fingerprint density at radius 1 is 1.02 bits per heavy atom. The van der Waals surface area contributed by atoms with Crippen molar-refractivity contribution in [2.24, 2.45) is 0 Å². The Kier molecular flexibility index (Phi) is 9.64. The Hall–Kier alpha value is -3.41. The van der Waals surface area contributed by atoms with Crippen molar-refractivity contribution in [2.75, 3.05) is 18.5 Å². The molecule has 0 saturated carbocycles. The number of nitrogens with zero attached hydrogens (tertiary/aromatic N) is 3. The molecule has 4 aromatic rings. The van der Waals surface area contributed by atoms with Crippen molar-refractivity contribution >= 4 is 48.1 Å². The molecule has 4 rings (SSSR count). The summed E-state index contributed by atoms with van der Waals surface area (Å²) in [4.78, 5) is 16.5. The maximum Gasteiger partial charge on any atom is 0.475 e. The van der Waals surface area contributed by atoms with Crippen LogP contribution in [0.4, 0.5) is 16.5 Å². The molecule has 0 unspecified atom stereocenters. The van der Waals surface area contributed by atoms with Crippen LogP contribution in [-0.2, 0) is 29.6 Å². The van der Waals surface area contributed by atoms with Gasteiger partial charge in [0.25, 0.3) is 6.01 Å². The van der Waals surface area contributed by atoms with Crippen molar-refractivity contribution in [3.05, 3.63) is 59.9 Å². The van der Waals surface area contributed by atoms with Gasteiger partial charge in [-0.2, -0.15) is 5.10 Å². The number of carbonyl (C=O) groups excluding carboxylic acids is 1. The number of amides is 1. The van der Waals surface area contributed by atoms with E-state index < -0.39 is 25.1 Å². The molecule has 0 atom stereocenters. The number of anilines is 2. The first-order valence-corrected chi connectivity index (χ1v) is 15.0. The van der Waals surface area contributed by atoms with Gasteiger partial charge >= 0.3 is 13.9 Å². The first kappa shape index (κ1) is 31.5. The number of benzene rings is 2. The molecule has 0 aliphatic carbocycles. The van der Waals surface area contributed by atoms with Gasteiger partial charge in [-0.05, 0) is 84.0 Å². The van der Waals surface area contributed by atoms with Crippen molar-refractivity contribution in [1.29, 1.82) is 0 Å². The van der Waals surface area contributed by atoms with Crippen LogP contribution in [-0.4, -0.2) is 45.2 Å². The summed E-state index contributed by atoms with van der Waals surface area (Å²) in [6.45, 7) is 10.3. The predicted molar refractivity (Wildman–Crippen MR) is 160 cm³/mol. The topological polar surface area (TPSA) is 139 Å². The molecule has 0 saturated heterocycles. The van der Waals surface area contributed by atoms with Gasteiger partial charge in [-0.1, -0.05) is 11.6 Å². The van der Waals surface area contributed by atoms with E-state index in [2.05, 4.69) is 20.7 Å². The van der Waals surface area contributed by atoms with Gasteiger partial charge in [0.1, 0.15) is 0 Å². The summed E-state index contributed by atoms with van der Waals surface area (Å²) in [6.07, 6.45) is 2.60. The fourth-order valence-corrected chi connectivity index (χ4v) is 5.62. The SMILES string of the molecule is CC(C)(C)OP(=O)(OCCNC(=O)OCn1ncc2cc(Nc3ncc(-c4ccc(Cl)cc4)o3)ccc21)OC(C)(C)C. The van der Waals surface area contributed by atoms with Crippen molar-refractivity contribution in [2.45, 2.75) is 59.5 Å². The van der Waals surface area contributed by atoms with Crippen LogP contribution in [0.5, 0.6) is 0 Å². The fraction of sp³-hybridized carbons (Fsp3) is 0.393. The molecule has 2 aromatic heterocycles. The van der Waals surface area contributed by atoms with Crippen molar-refractivity contribution < 1.29 is 32.1 Å². The third kappa shape index (κ3) is 9.30.